The molecule has 1 fully saturated rings. The van der Waals surface area contributed by atoms with E-state index >= 15 is 0 Å². The van der Waals surface area contributed by atoms with Gasteiger partial charge in [-0.25, -0.2) is 4.39 Å². The van der Waals surface area contributed by atoms with E-state index < -0.39 is 11.4 Å². The molecule has 4 heteroatoms. The SMILES string of the molecule is O=C(O)C1(Cc2cc(F)ccc2Cl)CCCCCCC1. The van der Waals surface area contributed by atoms with E-state index in [0.29, 0.717) is 29.8 Å². The van der Waals surface area contributed by atoms with Crippen molar-refractivity contribution in [3.8, 4) is 0 Å². The summed E-state index contributed by atoms with van der Waals surface area (Å²) in [6, 6.07) is 4.17. The number of halogens is 2. The molecule has 0 heterocycles. The van der Waals surface area contributed by atoms with Gasteiger partial charge in [-0.1, -0.05) is 43.7 Å². The largest absolute Gasteiger partial charge is 0.481 e. The van der Waals surface area contributed by atoms with Crippen molar-refractivity contribution in [1.82, 2.24) is 0 Å². The van der Waals surface area contributed by atoms with Crippen LogP contribution in [0.5, 0.6) is 0 Å². The van der Waals surface area contributed by atoms with Gasteiger partial charge in [-0.3, -0.25) is 4.79 Å². The Morgan fingerprint density at radius 2 is 1.80 bits per heavy atom. The Balaban J connectivity index is 2.27. The van der Waals surface area contributed by atoms with E-state index in [1.54, 1.807) is 0 Å². The van der Waals surface area contributed by atoms with Crippen LogP contribution in [0.3, 0.4) is 0 Å². The second-order valence-electron chi connectivity index (χ2n) is 5.77. The molecule has 0 aliphatic heterocycles. The summed E-state index contributed by atoms with van der Waals surface area (Å²) in [4.78, 5) is 11.8. The Morgan fingerprint density at radius 1 is 1.20 bits per heavy atom. The molecule has 1 saturated carbocycles. The summed E-state index contributed by atoms with van der Waals surface area (Å²) in [5, 5.41) is 10.1. The third kappa shape index (κ3) is 3.51. The van der Waals surface area contributed by atoms with Gasteiger partial charge in [0.25, 0.3) is 0 Å². The molecule has 0 aromatic heterocycles. The Labute approximate surface area is 123 Å². The van der Waals surface area contributed by atoms with E-state index in [1.807, 2.05) is 0 Å². The zero-order valence-corrected chi connectivity index (χ0v) is 12.3. The third-order valence-corrected chi connectivity index (χ3v) is 4.67. The van der Waals surface area contributed by atoms with Crippen LogP contribution < -0.4 is 0 Å². The average molecular weight is 299 g/mol. The number of carboxylic acids is 1. The fraction of sp³-hybridized carbons (Fsp3) is 0.562. The first-order valence-electron chi connectivity index (χ1n) is 7.21. The minimum Gasteiger partial charge on any atom is -0.481 e. The molecule has 0 atom stereocenters. The van der Waals surface area contributed by atoms with Crippen LogP contribution in [0.4, 0.5) is 4.39 Å². The van der Waals surface area contributed by atoms with E-state index in [9.17, 15) is 14.3 Å². The zero-order valence-electron chi connectivity index (χ0n) is 11.5. The summed E-state index contributed by atoms with van der Waals surface area (Å²) in [6.45, 7) is 0. The van der Waals surface area contributed by atoms with Crippen LogP contribution in [0.25, 0.3) is 0 Å². The Hall–Kier alpha value is -1.09. The number of rotatable bonds is 3. The lowest BCUT2D eigenvalue weighted by atomic mass is 9.72. The molecule has 2 nitrogen and oxygen atoms in total. The number of hydrogen-bond donors (Lipinski definition) is 1. The van der Waals surface area contributed by atoms with Gasteiger partial charge in [0, 0.05) is 5.02 Å². The van der Waals surface area contributed by atoms with E-state index in [2.05, 4.69) is 0 Å². The van der Waals surface area contributed by atoms with Crippen LogP contribution in [0, 0.1) is 11.2 Å². The molecule has 2 rings (SSSR count). The monoisotopic (exact) mass is 298 g/mol. The highest BCUT2D eigenvalue weighted by Gasteiger charge is 2.38. The normalized spacial score (nSPS) is 19.1. The summed E-state index contributed by atoms with van der Waals surface area (Å²) >= 11 is 6.10. The van der Waals surface area contributed by atoms with Crippen molar-refractivity contribution >= 4 is 17.6 Å². The van der Waals surface area contributed by atoms with Gasteiger partial charge >= 0.3 is 5.97 Å². The summed E-state index contributed by atoms with van der Waals surface area (Å²) < 4.78 is 13.4. The highest BCUT2D eigenvalue weighted by Crippen LogP contribution is 2.39. The standard InChI is InChI=1S/C16H20ClFO2/c17-14-7-6-13(18)10-12(14)11-16(15(19)20)8-4-2-1-3-5-9-16/h6-7,10H,1-5,8-9,11H2,(H,19,20). The summed E-state index contributed by atoms with van der Waals surface area (Å²) in [7, 11) is 0. The summed E-state index contributed by atoms with van der Waals surface area (Å²) in [6.07, 6.45) is 6.77. The maximum absolute atomic E-state index is 13.4. The van der Waals surface area contributed by atoms with Crippen molar-refractivity contribution in [3.63, 3.8) is 0 Å². The highest BCUT2D eigenvalue weighted by molar-refractivity contribution is 6.31. The van der Waals surface area contributed by atoms with Gasteiger partial charge in [-0.15, -0.1) is 0 Å². The molecule has 1 aliphatic carbocycles. The van der Waals surface area contributed by atoms with Gasteiger partial charge in [0.05, 0.1) is 5.41 Å². The molecule has 0 radical (unpaired) electrons. The minimum atomic E-state index is -0.794. The molecule has 1 aromatic carbocycles. The quantitative estimate of drug-likeness (QED) is 0.867. The first-order valence-corrected chi connectivity index (χ1v) is 7.59. The summed E-state index contributed by atoms with van der Waals surface area (Å²) in [5.41, 5.74) is -0.188. The van der Waals surface area contributed by atoms with Crippen LogP contribution >= 0.6 is 11.6 Å². The number of benzene rings is 1. The van der Waals surface area contributed by atoms with Crippen molar-refractivity contribution in [2.75, 3.05) is 0 Å². The van der Waals surface area contributed by atoms with Crippen molar-refractivity contribution in [2.45, 2.75) is 51.4 Å². The van der Waals surface area contributed by atoms with Gasteiger partial charge < -0.3 is 5.11 Å². The van der Waals surface area contributed by atoms with Crippen LogP contribution in [-0.2, 0) is 11.2 Å². The van der Waals surface area contributed by atoms with E-state index in [1.165, 1.54) is 24.6 Å². The lowest BCUT2D eigenvalue weighted by molar-refractivity contribution is -0.150. The first kappa shape index (κ1) is 15.3. The predicted molar refractivity (Wildman–Crippen MR) is 77.5 cm³/mol. The molecule has 0 spiro atoms. The number of carboxylic acid groups (broad SMARTS) is 1. The van der Waals surface area contributed by atoms with Crippen LogP contribution in [0.1, 0.15) is 50.5 Å². The van der Waals surface area contributed by atoms with Crippen LogP contribution in [-0.4, -0.2) is 11.1 Å². The third-order valence-electron chi connectivity index (χ3n) is 4.30. The second kappa shape index (κ2) is 6.57. The minimum absolute atomic E-state index is 0.318. The van der Waals surface area contributed by atoms with Crippen LogP contribution in [0.2, 0.25) is 5.02 Å². The van der Waals surface area contributed by atoms with Gasteiger partial charge in [0.2, 0.25) is 0 Å². The molecular formula is C16H20ClFO2. The Bertz CT molecular complexity index is 479. The lowest BCUT2D eigenvalue weighted by Crippen LogP contribution is -2.34. The van der Waals surface area contributed by atoms with E-state index in [0.717, 1.165) is 25.7 Å². The Morgan fingerprint density at radius 3 is 2.40 bits per heavy atom. The second-order valence-corrected chi connectivity index (χ2v) is 6.17. The molecule has 0 unspecified atom stereocenters. The molecule has 0 amide bonds. The Kier molecular flexibility index (Phi) is 5.03. The molecule has 20 heavy (non-hydrogen) atoms. The molecule has 0 bridgehead atoms. The maximum Gasteiger partial charge on any atom is 0.309 e. The zero-order chi connectivity index (χ0) is 14.6. The topological polar surface area (TPSA) is 37.3 Å². The number of aliphatic carboxylic acids is 1. The summed E-state index contributed by atoms with van der Waals surface area (Å²) in [5.74, 6) is -1.14. The van der Waals surface area contributed by atoms with Crippen molar-refractivity contribution < 1.29 is 14.3 Å². The molecule has 1 N–H and O–H groups in total. The van der Waals surface area contributed by atoms with Gasteiger partial charge in [0.1, 0.15) is 5.82 Å². The van der Waals surface area contributed by atoms with Gasteiger partial charge in [-0.05, 0) is 43.0 Å². The highest BCUT2D eigenvalue weighted by atomic mass is 35.5. The maximum atomic E-state index is 13.4. The number of carbonyl (C=O) groups is 1. The van der Waals surface area contributed by atoms with Crippen LogP contribution in [0.15, 0.2) is 18.2 Å². The van der Waals surface area contributed by atoms with Crippen molar-refractivity contribution in [2.24, 2.45) is 5.41 Å². The molecule has 110 valence electrons. The predicted octanol–water partition coefficient (Wildman–Crippen LogP) is 4.84. The van der Waals surface area contributed by atoms with Gasteiger partial charge in [-0.2, -0.15) is 0 Å². The number of hydrogen-bond acceptors (Lipinski definition) is 1. The molecule has 0 saturated heterocycles. The fourth-order valence-corrected chi connectivity index (χ4v) is 3.28. The molecular weight excluding hydrogens is 279 g/mol. The first-order chi connectivity index (χ1) is 9.53. The fourth-order valence-electron chi connectivity index (χ4n) is 3.09. The van der Waals surface area contributed by atoms with E-state index in [-0.39, 0.29) is 5.82 Å². The van der Waals surface area contributed by atoms with Gasteiger partial charge in [0.15, 0.2) is 0 Å². The molecule has 1 aliphatic rings. The van der Waals surface area contributed by atoms with Crippen molar-refractivity contribution in [1.29, 1.82) is 0 Å². The molecule has 1 aromatic rings. The van der Waals surface area contributed by atoms with E-state index in [4.69, 9.17) is 11.6 Å². The van der Waals surface area contributed by atoms with Crippen molar-refractivity contribution in [3.05, 3.63) is 34.6 Å². The average Bonchev–Trinajstić information content (AvgIpc) is 2.36. The smallest absolute Gasteiger partial charge is 0.309 e. The lowest BCUT2D eigenvalue weighted by Gasteiger charge is -2.31.